The van der Waals surface area contributed by atoms with E-state index in [0.717, 1.165) is 48.3 Å². The second kappa shape index (κ2) is 17.6. The highest BCUT2D eigenvalue weighted by Gasteiger charge is 2.29. The smallest absolute Gasteiger partial charge is 0.422 e. The molecular formula is C34H36F3N3O8. The maximum Gasteiger partial charge on any atom is 0.422 e. The van der Waals surface area contributed by atoms with Crippen LogP contribution in [-0.2, 0) is 28.9 Å². The first kappa shape index (κ1) is 37.2. The van der Waals surface area contributed by atoms with Crippen LogP contribution in [0.4, 0.5) is 18.9 Å². The average Bonchev–Trinajstić information content (AvgIpc) is 3.45. The minimum absolute atomic E-state index is 0.0455. The van der Waals surface area contributed by atoms with Crippen LogP contribution in [-0.4, -0.2) is 78.3 Å². The lowest BCUT2D eigenvalue weighted by molar-refractivity contribution is -0.159. The molecule has 1 aliphatic rings. The number of aliphatic carboxylic acids is 2. The summed E-state index contributed by atoms with van der Waals surface area (Å²) < 4.78 is 48.1. The number of alkyl halides is 3. The van der Waals surface area contributed by atoms with Gasteiger partial charge in [0.25, 0.3) is 0 Å². The lowest BCUT2D eigenvalue weighted by Gasteiger charge is -2.21. The van der Waals surface area contributed by atoms with Crippen molar-refractivity contribution in [2.45, 2.75) is 44.8 Å². The van der Waals surface area contributed by atoms with Crippen LogP contribution >= 0.6 is 0 Å². The summed E-state index contributed by atoms with van der Waals surface area (Å²) in [6, 6.07) is 19.8. The zero-order chi connectivity index (χ0) is 35.3. The number of hydrogen-bond donors (Lipinski definition) is 4. The minimum atomic E-state index is -4.43. The number of hydrogen-bond acceptors (Lipinski definition) is 8. The summed E-state index contributed by atoms with van der Waals surface area (Å²) in [6.45, 7) is 2.92. The van der Waals surface area contributed by atoms with Crippen molar-refractivity contribution in [1.82, 2.24) is 5.32 Å². The Balaban J connectivity index is 0.000000952. The van der Waals surface area contributed by atoms with E-state index in [1.807, 2.05) is 25.1 Å². The van der Waals surface area contributed by atoms with Crippen LogP contribution in [0.2, 0.25) is 0 Å². The van der Waals surface area contributed by atoms with Crippen molar-refractivity contribution in [3.8, 4) is 17.6 Å². The molecule has 0 spiro atoms. The van der Waals surface area contributed by atoms with E-state index in [9.17, 15) is 28.3 Å². The standard InChI is InChI=1S/C32H34F3N3O4.C2H2O4/c1-22(37-13-16-41-28-10-4-5-11-29(28)42-21-32(33,34)35)17-23-18-25-12-15-38(30(25)26(19-23)20-36)14-6-8-24-7-2-3-9-27(24)31(39)40;3-1(4)2(5)6/h2-5,7,9-11,18-19,22,37H,6,8,12-17,21H2,1H3,(H,39,40);(H,3,4)(H,5,6)/t22-;/m1./s1. The van der Waals surface area contributed by atoms with Crippen molar-refractivity contribution < 1.29 is 52.3 Å². The summed E-state index contributed by atoms with van der Waals surface area (Å²) in [6.07, 6.45) is -1.47. The van der Waals surface area contributed by atoms with Crippen molar-refractivity contribution in [2.24, 2.45) is 0 Å². The van der Waals surface area contributed by atoms with E-state index in [-0.39, 0.29) is 24.1 Å². The third-order valence-corrected chi connectivity index (χ3v) is 7.28. The minimum Gasteiger partial charge on any atom is -0.488 e. The van der Waals surface area contributed by atoms with Crippen molar-refractivity contribution in [2.75, 3.05) is 37.7 Å². The number of aromatic carboxylic acids is 1. The normalized spacial score (nSPS) is 12.6. The van der Waals surface area contributed by atoms with Gasteiger partial charge in [-0.25, -0.2) is 14.4 Å². The number of anilines is 1. The Kier molecular flexibility index (Phi) is 13.6. The maximum atomic E-state index is 12.5. The number of fused-ring (bicyclic) bond motifs is 1. The summed E-state index contributed by atoms with van der Waals surface area (Å²) in [5.74, 6) is -4.27. The molecule has 4 rings (SSSR count). The molecule has 11 nitrogen and oxygen atoms in total. The van der Waals surface area contributed by atoms with E-state index in [0.29, 0.717) is 30.5 Å². The Hall–Kier alpha value is -5.29. The third-order valence-electron chi connectivity index (χ3n) is 7.28. The molecule has 1 heterocycles. The highest BCUT2D eigenvalue weighted by Crippen LogP contribution is 2.34. The molecule has 1 atom stereocenters. The SMILES string of the molecule is C[C@H](Cc1cc(C#N)c2c(c1)CCN2CCCc1ccccc1C(=O)O)NCCOc1ccccc1OCC(F)(F)F.O=C(O)C(=O)O. The van der Waals surface area contributed by atoms with Gasteiger partial charge in [0.2, 0.25) is 0 Å². The number of para-hydroxylation sites is 2. The Labute approximate surface area is 275 Å². The largest absolute Gasteiger partial charge is 0.488 e. The van der Waals surface area contributed by atoms with Crippen molar-refractivity contribution >= 4 is 23.6 Å². The molecule has 0 bridgehead atoms. The summed E-state index contributed by atoms with van der Waals surface area (Å²) in [5.41, 5.74) is 4.93. The van der Waals surface area contributed by atoms with Gasteiger partial charge < -0.3 is 35.0 Å². The fourth-order valence-corrected chi connectivity index (χ4v) is 5.27. The number of nitriles is 1. The molecule has 0 fully saturated rings. The second-order valence-corrected chi connectivity index (χ2v) is 10.9. The Bertz CT molecular complexity index is 1610. The van der Waals surface area contributed by atoms with Crippen LogP contribution in [0, 0.1) is 11.3 Å². The van der Waals surface area contributed by atoms with Gasteiger partial charge in [0.05, 0.1) is 16.8 Å². The molecule has 0 saturated heterocycles. The summed E-state index contributed by atoms with van der Waals surface area (Å²) >= 11 is 0. The van der Waals surface area contributed by atoms with Gasteiger partial charge in [-0.05, 0) is 73.6 Å². The quantitative estimate of drug-likeness (QED) is 0.135. The Morgan fingerprint density at radius 2 is 1.65 bits per heavy atom. The first-order valence-corrected chi connectivity index (χ1v) is 15.0. The lowest BCUT2D eigenvalue weighted by Crippen LogP contribution is -2.32. The maximum absolute atomic E-state index is 12.5. The van der Waals surface area contributed by atoms with E-state index in [4.69, 9.17) is 29.3 Å². The van der Waals surface area contributed by atoms with Gasteiger partial charge in [0.15, 0.2) is 18.1 Å². The fourth-order valence-electron chi connectivity index (χ4n) is 5.27. The second-order valence-electron chi connectivity index (χ2n) is 10.9. The molecular weight excluding hydrogens is 635 g/mol. The van der Waals surface area contributed by atoms with Gasteiger partial charge in [-0.15, -0.1) is 0 Å². The molecule has 0 radical (unpaired) electrons. The zero-order valence-corrected chi connectivity index (χ0v) is 26.1. The number of ether oxygens (including phenoxy) is 2. The molecule has 0 amide bonds. The predicted octanol–water partition coefficient (Wildman–Crippen LogP) is 4.95. The van der Waals surface area contributed by atoms with Gasteiger partial charge in [-0.3, -0.25) is 0 Å². The van der Waals surface area contributed by atoms with Crippen LogP contribution in [0.3, 0.4) is 0 Å². The van der Waals surface area contributed by atoms with E-state index in [2.05, 4.69) is 22.4 Å². The van der Waals surface area contributed by atoms with Crippen LogP contribution in [0.1, 0.15) is 46.0 Å². The monoisotopic (exact) mass is 671 g/mol. The van der Waals surface area contributed by atoms with E-state index >= 15 is 0 Å². The topological polar surface area (TPSA) is 169 Å². The predicted molar refractivity (Wildman–Crippen MR) is 169 cm³/mol. The Morgan fingerprint density at radius 1 is 1.00 bits per heavy atom. The number of halogens is 3. The zero-order valence-electron chi connectivity index (χ0n) is 26.1. The number of nitrogens with one attached hydrogen (secondary N) is 1. The van der Waals surface area contributed by atoms with Gasteiger partial charge in [-0.2, -0.15) is 18.4 Å². The number of carboxylic acids is 3. The summed E-state index contributed by atoms with van der Waals surface area (Å²) in [7, 11) is 0. The van der Waals surface area contributed by atoms with E-state index < -0.39 is 30.7 Å². The summed E-state index contributed by atoms with van der Waals surface area (Å²) in [5, 5.41) is 37.5. The van der Waals surface area contributed by atoms with Crippen LogP contribution in [0.15, 0.2) is 60.7 Å². The highest BCUT2D eigenvalue weighted by atomic mass is 19.4. The molecule has 1 aliphatic heterocycles. The Morgan fingerprint density at radius 3 is 2.27 bits per heavy atom. The third kappa shape index (κ3) is 11.5. The number of carboxylic acid groups (broad SMARTS) is 3. The molecule has 3 aromatic carbocycles. The fraction of sp³-hybridized carbons (Fsp3) is 0.353. The van der Waals surface area contributed by atoms with Crippen LogP contribution in [0.5, 0.6) is 11.5 Å². The molecule has 256 valence electrons. The molecule has 4 N–H and O–H groups in total. The first-order valence-electron chi connectivity index (χ1n) is 15.0. The molecule has 0 unspecified atom stereocenters. The highest BCUT2D eigenvalue weighted by molar-refractivity contribution is 6.27. The van der Waals surface area contributed by atoms with Crippen molar-refractivity contribution in [3.05, 3.63) is 88.5 Å². The van der Waals surface area contributed by atoms with Gasteiger partial charge in [-0.1, -0.05) is 36.4 Å². The molecule has 0 saturated carbocycles. The average molecular weight is 672 g/mol. The lowest BCUT2D eigenvalue weighted by atomic mass is 9.99. The molecule has 48 heavy (non-hydrogen) atoms. The summed E-state index contributed by atoms with van der Waals surface area (Å²) in [4.78, 5) is 31.9. The van der Waals surface area contributed by atoms with Crippen LogP contribution < -0.4 is 19.7 Å². The van der Waals surface area contributed by atoms with Crippen LogP contribution in [0.25, 0.3) is 0 Å². The first-order chi connectivity index (χ1) is 22.8. The van der Waals surface area contributed by atoms with Gasteiger partial charge >= 0.3 is 24.1 Å². The molecule has 14 heteroatoms. The molecule has 0 aliphatic carbocycles. The number of rotatable bonds is 14. The van der Waals surface area contributed by atoms with Crippen molar-refractivity contribution in [1.29, 1.82) is 5.26 Å². The molecule has 3 aromatic rings. The number of nitrogens with zero attached hydrogens (tertiary/aromatic N) is 2. The van der Waals surface area contributed by atoms with Gasteiger partial charge in [0, 0.05) is 25.7 Å². The number of aryl methyl sites for hydroxylation is 1. The van der Waals surface area contributed by atoms with E-state index in [1.165, 1.54) is 6.07 Å². The number of benzene rings is 3. The molecule has 0 aromatic heterocycles. The van der Waals surface area contributed by atoms with E-state index in [1.54, 1.807) is 30.3 Å². The number of carbonyl (C=O) groups is 3. The van der Waals surface area contributed by atoms with Gasteiger partial charge in [0.1, 0.15) is 12.7 Å². The van der Waals surface area contributed by atoms with Crippen molar-refractivity contribution in [3.63, 3.8) is 0 Å².